The first-order chi connectivity index (χ1) is 14.6. The quantitative estimate of drug-likeness (QED) is 0.582. The molecule has 7 nitrogen and oxygen atoms in total. The molecule has 1 amide bonds. The molecule has 4 rings (SSSR count). The highest BCUT2D eigenvalue weighted by molar-refractivity contribution is 5.88. The van der Waals surface area contributed by atoms with Crippen molar-refractivity contribution in [2.45, 2.75) is 50.6 Å². The van der Waals surface area contributed by atoms with Gasteiger partial charge in [-0.25, -0.2) is 4.98 Å². The van der Waals surface area contributed by atoms with E-state index >= 15 is 0 Å². The van der Waals surface area contributed by atoms with Gasteiger partial charge in [0.1, 0.15) is 23.2 Å². The standard InChI is InChI=1S/C23H25N5O2/c24-13-16-14-27-22-21(16)20(10-11-26-22)30-18-8-6-15(7-9-18)12-19(25)23(29)28-17-4-2-1-3-5-17/h6-11,14,17,19H,1-5,12,25H2,(H,26,27)(H,28,29)/t19-/m0/s1. The van der Waals surface area contributed by atoms with Crippen LogP contribution in [0.15, 0.2) is 42.7 Å². The fraction of sp³-hybridized carbons (Fsp3) is 0.348. The minimum Gasteiger partial charge on any atom is -0.456 e. The highest BCUT2D eigenvalue weighted by atomic mass is 16.5. The minimum absolute atomic E-state index is 0.0853. The van der Waals surface area contributed by atoms with Crippen LogP contribution in [0.1, 0.15) is 43.2 Å². The average molecular weight is 403 g/mol. The van der Waals surface area contributed by atoms with Crippen LogP contribution in [-0.4, -0.2) is 28.0 Å². The van der Waals surface area contributed by atoms with E-state index in [9.17, 15) is 10.1 Å². The molecular formula is C23H25N5O2. The van der Waals surface area contributed by atoms with Crippen LogP contribution in [0.5, 0.6) is 11.5 Å². The summed E-state index contributed by atoms with van der Waals surface area (Å²) in [6.07, 6.45) is 9.40. The number of rotatable bonds is 6. The van der Waals surface area contributed by atoms with Crippen molar-refractivity contribution in [2.75, 3.05) is 0 Å². The Hall–Kier alpha value is -3.37. The van der Waals surface area contributed by atoms with Crippen molar-refractivity contribution in [3.63, 3.8) is 0 Å². The third kappa shape index (κ3) is 4.44. The van der Waals surface area contributed by atoms with Crippen molar-refractivity contribution < 1.29 is 9.53 Å². The summed E-state index contributed by atoms with van der Waals surface area (Å²) in [5, 5.41) is 13.0. The molecule has 1 aromatic carbocycles. The number of aromatic amines is 1. The van der Waals surface area contributed by atoms with Gasteiger partial charge in [0.25, 0.3) is 0 Å². The number of nitrogens with zero attached hydrogens (tertiary/aromatic N) is 2. The molecule has 1 aliphatic rings. The number of hydrogen-bond acceptors (Lipinski definition) is 5. The van der Waals surface area contributed by atoms with Crippen LogP contribution in [0.2, 0.25) is 0 Å². The smallest absolute Gasteiger partial charge is 0.237 e. The van der Waals surface area contributed by atoms with E-state index in [2.05, 4.69) is 21.4 Å². The Balaban J connectivity index is 1.39. The Morgan fingerprint density at radius 3 is 2.77 bits per heavy atom. The number of pyridine rings is 1. The molecule has 0 unspecified atom stereocenters. The first-order valence-corrected chi connectivity index (χ1v) is 10.3. The van der Waals surface area contributed by atoms with Crippen molar-refractivity contribution in [3.05, 3.63) is 53.9 Å². The summed E-state index contributed by atoms with van der Waals surface area (Å²) in [5.74, 6) is 1.11. The van der Waals surface area contributed by atoms with Crippen LogP contribution < -0.4 is 15.8 Å². The van der Waals surface area contributed by atoms with E-state index in [1.54, 1.807) is 18.5 Å². The molecule has 30 heavy (non-hydrogen) atoms. The highest BCUT2D eigenvalue weighted by Gasteiger charge is 2.20. The molecule has 0 spiro atoms. The van der Waals surface area contributed by atoms with E-state index in [1.807, 2.05) is 24.3 Å². The van der Waals surface area contributed by atoms with Crippen LogP contribution in [0.25, 0.3) is 11.0 Å². The molecule has 0 radical (unpaired) electrons. The van der Waals surface area contributed by atoms with Gasteiger partial charge in [-0.3, -0.25) is 4.79 Å². The van der Waals surface area contributed by atoms with E-state index in [4.69, 9.17) is 10.5 Å². The number of carbonyl (C=O) groups excluding carboxylic acids is 1. The lowest BCUT2D eigenvalue weighted by Gasteiger charge is -2.24. The summed E-state index contributed by atoms with van der Waals surface area (Å²) in [5.41, 5.74) is 8.18. The summed E-state index contributed by atoms with van der Waals surface area (Å²) >= 11 is 0. The van der Waals surface area contributed by atoms with Crippen LogP contribution in [0, 0.1) is 11.3 Å². The summed E-state index contributed by atoms with van der Waals surface area (Å²) in [4.78, 5) is 19.6. The predicted octanol–water partition coefficient (Wildman–Crippen LogP) is 3.55. The molecule has 0 aliphatic heterocycles. The van der Waals surface area contributed by atoms with E-state index in [1.165, 1.54) is 19.3 Å². The fourth-order valence-electron chi connectivity index (χ4n) is 3.92. The first-order valence-electron chi connectivity index (χ1n) is 10.3. The number of benzene rings is 1. The number of fused-ring (bicyclic) bond motifs is 1. The third-order valence-corrected chi connectivity index (χ3v) is 5.55. The van der Waals surface area contributed by atoms with Gasteiger partial charge in [0.2, 0.25) is 5.91 Å². The highest BCUT2D eigenvalue weighted by Crippen LogP contribution is 2.31. The van der Waals surface area contributed by atoms with Crippen LogP contribution in [0.3, 0.4) is 0 Å². The lowest BCUT2D eigenvalue weighted by Crippen LogP contribution is -2.46. The van der Waals surface area contributed by atoms with E-state index in [0.29, 0.717) is 34.5 Å². The van der Waals surface area contributed by atoms with Gasteiger partial charge in [0.05, 0.1) is 17.0 Å². The largest absolute Gasteiger partial charge is 0.456 e. The maximum absolute atomic E-state index is 12.4. The predicted molar refractivity (Wildman–Crippen MR) is 114 cm³/mol. The number of hydrogen-bond donors (Lipinski definition) is 3. The molecule has 0 saturated heterocycles. The number of nitriles is 1. The Kier molecular flexibility index (Phi) is 5.96. The maximum Gasteiger partial charge on any atom is 0.237 e. The molecule has 3 aromatic rings. The molecule has 0 bridgehead atoms. The van der Waals surface area contributed by atoms with E-state index in [0.717, 1.165) is 18.4 Å². The Morgan fingerprint density at radius 2 is 2.03 bits per heavy atom. The van der Waals surface area contributed by atoms with Crippen LogP contribution in [0.4, 0.5) is 0 Å². The number of amides is 1. The lowest BCUT2D eigenvalue weighted by molar-refractivity contribution is -0.123. The Bertz CT molecular complexity index is 1060. The molecule has 4 N–H and O–H groups in total. The second kappa shape index (κ2) is 8.97. The molecule has 154 valence electrons. The van der Waals surface area contributed by atoms with E-state index < -0.39 is 6.04 Å². The molecule has 7 heteroatoms. The zero-order valence-corrected chi connectivity index (χ0v) is 16.7. The zero-order valence-electron chi connectivity index (χ0n) is 16.7. The van der Waals surface area contributed by atoms with Crippen molar-refractivity contribution in [1.82, 2.24) is 15.3 Å². The maximum atomic E-state index is 12.4. The van der Waals surface area contributed by atoms with Crippen molar-refractivity contribution in [1.29, 1.82) is 5.26 Å². The van der Waals surface area contributed by atoms with Gasteiger partial charge in [-0.1, -0.05) is 31.4 Å². The van der Waals surface area contributed by atoms with Gasteiger partial charge in [0, 0.05) is 18.4 Å². The second-order valence-electron chi connectivity index (χ2n) is 7.75. The molecule has 1 fully saturated rings. The lowest BCUT2D eigenvalue weighted by atomic mass is 9.95. The van der Waals surface area contributed by atoms with E-state index in [-0.39, 0.29) is 11.9 Å². The fourth-order valence-corrected chi connectivity index (χ4v) is 3.92. The number of nitrogens with one attached hydrogen (secondary N) is 2. The van der Waals surface area contributed by atoms with Gasteiger partial charge in [0.15, 0.2) is 0 Å². The molecule has 2 aromatic heterocycles. The number of nitrogens with two attached hydrogens (primary N) is 1. The average Bonchev–Trinajstić information content (AvgIpc) is 3.20. The monoisotopic (exact) mass is 403 g/mol. The first kappa shape index (κ1) is 19.9. The molecular weight excluding hydrogens is 378 g/mol. The van der Waals surface area contributed by atoms with Crippen molar-refractivity contribution >= 4 is 16.9 Å². The summed E-state index contributed by atoms with van der Waals surface area (Å²) in [7, 11) is 0. The normalized spacial score (nSPS) is 15.5. The molecule has 1 saturated carbocycles. The third-order valence-electron chi connectivity index (χ3n) is 5.55. The van der Waals surface area contributed by atoms with Crippen LogP contribution in [-0.2, 0) is 11.2 Å². The second-order valence-corrected chi connectivity index (χ2v) is 7.75. The van der Waals surface area contributed by atoms with Gasteiger partial charge in [-0.2, -0.15) is 5.26 Å². The zero-order chi connectivity index (χ0) is 20.9. The molecule has 1 aliphatic carbocycles. The Labute approximate surface area is 175 Å². The van der Waals surface area contributed by atoms with Crippen molar-refractivity contribution in [3.8, 4) is 17.6 Å². The number of carbonyl (C=O) groups is 1. The van der Waals surface area contributed by atoms with Gasteiger partial charge < -0.3 is 20.8 Å². The summed E-state index contributed by atoms with van der Waals surface area (Å²) in [6, 6.07) is 11.1. The van der Waals surface area contributed by atoms with Crippen LogP contribution >= 0.6 is 0 Å². The summed E-state index contributed by atoms with van der Waals surface area (Å²) < 4.78 is 5.98. The minimum atomic E-state index is -0.573. The summed E-state index contributed by atoms with van der Waals surface area (Å²) in [6.45, 7) is 0. The SMILES string of the molecule is N#Cc1c[nH]c2nccc(Oc3ccc(C[C@H](N)C(=O)NC4CCCCC4)cc3)c12. The van der Waals surface area contributed by atoms with Gasteiger partial charge >= 0.3 is 0 Å². The topological polar surface area (TPSA) is 117 Å². The number of aromatic nitrogens is 2. The van der Waals surface area contributed by atoms with Gasteiger partial charge in [-0.05, 0) is 43.0 Å². The number of H-pyrrole nitrogens is 1. The Morgan fingerprint density at radius 1 is 1.27 bits per heavy atom. The van der Waals surface area contributed by atoms with Gasteiger partial charge in [-0.15, -0.1) is 0 Å². The molecule has 2 heterocycles. The molecule has 1 atom stereocenters. The van der Waals surface area contributed by atoms with Crippen molar-refractivity contribution in [2.24, 2.45) is 5.73 Å². The number of ether oxygens (including phenoxy) is 1.